The molecule has 0 amide bonds. The van der Waals surface area contributed by atoms with Gasteiger partial charge in [0.1, 0.15) is 0 Å². The first-order valence-corrected chi connectivity index (χ1v) is 23.8. The predicted octanol–water partition coefficient (Wildman–Crippen LogP) is 18.6. The molecule has 14 aromatic rings. The number of benzene rings is 12. The minimum Gasteiger partial charge on any atom is -0.310 e. The molecular formula is C64H40N2S. The standard InChI is InChI=1S/C64H40N2S/c1-2-15-48-42(13-1)14-11-25-60(48)66-61-24-9-7-20-55(61)59-39-44(31-38-62(59)66)41-27-32-45(33-28-41)65(47-36-37-54-52-18-4-3-16-50(52)51-17-5-6-19-53(51)58(54)40-47)46-34-29-43(30-35-46)49-22-12-23-57-56-21-8-10-26-63(56)67-64(49)57/h1-40H. The van der Waals surface area contributed by atoms with Gasteiger partial charge in [0.15, 0.2) is 0 Å². The SMILES string of the molecule is c1ccc2c(-n3c4ccccc4c4cc(-c5ccc(N(c6ccc(-c7cccc8c7sc7ccccc78)cc6)c6ccc7c8ccccc8c8ccccc8c7c6)cc5)ccc43)cccc2c1. The van der Waals surface area contributed by atoms with Gasteiger partial charge in [0.2, 0.25) is 0 Å². The number of aromatic nitrogens is 1. The molecule has 0 unspecified atom stereocenters. The average Bonchev–Trinajstić information content (AvgIpc) is 3.95. The van der Waals surface area contributed by atoms with Crippen molar-refractivity contribution in [3.8, 4) is 27.9 Å². The molecule has 0 aliphatic rings. The number of hydrogen-bond donors (Lipinski definition) is 0. The largest absolute Gasteiger partial charge is 0.310 e. The molecule has 2 aromatic heterocycles. The Morgan fingerprint density at radius 2 is 0.821 bits per heavy atom. The van der Waals surface area contributed by atoms with Crippen LogP contribution in [0.2, 0.25) is 0 Å². The maximum atomic E-state index is 2.43. The zero-order valence-corrected chi connectivity index (χ0v) is 37.2. The van der Waals surface area contributed by atoms with Gasteiger partial charge < -0.3 is 9.47 Å². The maximum Gasteiger partial charge on any atom is 0.0541 e. The van der Waals surface area contributed by atoms with Crippen molar-refractivity contribution >= 4 is 113 Å². The smallest absolute Gasteiger partial charge is 0.0541 e. The predicted molar refractivity (Wildman–Crippen MR) is 289 cm³/mol. The summed E-state index contributed by atoms with van der Waals surface area (Å²) in [7, 11) is 0. The van der Waals surface area contributed by atoms with Crippen LogP contribution >= 0.6 is 11.3 Å². The van der Waals surface area contributed by atoms with Crippen molar-refractivity contribution in [3.05, 3.63) is 243 Å². The number of para-hydroxylation sites is 1. The third-order valence-electron chi connectivity index (χ3n) is 14.0. The van der Waals surface area contributed by atoms with E-state index in [2.05, 4.69) is 252 Å². The first-order chi connectivity index (χ1) is 33.2. The molecule has 67 heavy (non-hydrogen) atoms. The molecule has 2 nitrogen and oxygen atoms in total. The van der Waals surface area contributed by atoms with Gasteiger partial charge in [-0.15, -0.1) is 11.3 Å². The summed E-state index contributed by atoms with van der Waals surface area (Å²) in [6.07, 6.45) is 0. The van der Waals surface area contributed by atoms with Gasteiger partial charge in [-0.1, -0.05) is 176 Å². The van der Waals surface area contributed by atoms with Gasteiger partial charge in [0.05, 0.1) is 16.7 Å². The van der Waals surface area contributed by atoms with Crippen LogP contribution in [0.25, 0.3) is 113 Å². The fraction of sp³-hybridized carbons (Fsp3) is 0. The second kappa shape index (κ2) is 15.0. The van der Waals surface area contributed by atoms with E-state index in [0.717, 1.165) is 17.1 Å². The second-order valence-electron chi connectivity index (χ2n) is 17.6. The summed E-state index contributed by atoms with van der Waals surface area (Å²) < 4.78 is 5.08. The Kier molecular flexibility index (Phi) is 8.49. The van der Waals surface area contributed by atoms with Crippen molar-refractivity contribution in [2.45, 2.75) is 0 Å². The molecule has 0 saturated heterocycles. The highest BCUT2D eigenvalue weighted by Gasteiger charge is 2.19. The van der Waals surface area contributed by atoms with Gasteiger partial charge in [0.25, 0.3) is 0 Å². The molecule has 2 heterocycles. The van der Waals surface area contributed by atoms with Crippen LogP contribution in [-0.2, 0) is 0 Å². The van der Waals surface area contributed by atoms with Crippen LogP contribution in [0.5, 0.6) is 0 Å². The van der Waals surface area contributed by atoms with E-state index in [1.54, 1.807) is 0 Å². The number of fused-ring (bicyclic) bond motifs is 13. The monoisotopic (exact) mass is 868 g/mol. The van der Waals surface area contributed by atoms with Gasteiger partial charge in [-0.2, -0.15) is 0 Å². The molecule has 0 aliphatic carbocycles. The highest BCUT2D eigenvalue weighted by molar-refractivity contribution is 7.26. The third kappa shape index (κ3) is 5.95. The fourth-order valence-corrected chi connectivity index (χ4v) is 12.1. The summed E-state index contributed by atoms with van der Waals surface area (Å²) >= 11 is 1.88. The van der Waals surface area contributed by atoms with E-state index in [1.165, 1.54) is 113 Å². The van der Waals surface area contributed by atoms with Crippen LogP contribution in [0, 0.1) is 0 Å². The van der Waals surface area contributed by atoms with E-state index >= 15 is 0 Å². The lowest BCUT2D eigenvalue weighted by atomic mass is 9.94. The highest BCUT2D eigenvalue weighted by Crippen LogP contribution is 2.44. The number of anilines is 3. The van der Waals surface area contributed by atoms with E-state index < -0.39 is 0 Å². The topological polar surface area (TPSA) is 8.17 Å². The van der Waals surface area contributed by atoms with Gasteiger partial charge in [0, 0.05) is 53.4 Å². The molecule has 0 spiro atoms. The van der Waals surface area contributed by atoms with Gasteiger partial charge in [-0.3, -0.25) is 0 Å². The Bertz CT molecular complexity index is 4230. The molecule has 0 bridgehead atoms. The minimum atomic E-state index is 1.10. The molecule has 0 saturated carbocycles. The number of thiophene rings is 1. The summed E-state index contributed by atoms with van der Waals surface area (Å²) in [6.45, 7) is 0. The van der Waals surface area contributed by atoms with Crippen molar-refractivity contribution in [2.75, 3.05) is 4.90 Å². The van der Waals surface area contributed by atoms with Crippen molar-refractivity contribution in [1.82, 2.24) is 4.57 Å². The lowest BCUT2D eigenvalue weighted by Gasteiger charge is -2.27. The third-order valence-corrected chi connectivity index (χ3v) is 15.2. The van der Waals surface area contributed by atoms with E-state index in [-0.39, 0.29) is 0 Å². The first kappa shape index (κ1) is 37.8. The molecule has 0 atom stereocenters. The normalized spacial score (nSPS) is 11.9. The van der Waals surface area contributed by atoms with E-state index in [4.69, 9.17) is 0 Å². The molecule has 12 aromatic carbocycles. The molecule has 14 rings (SSSR count). The average molecular weight is 869 g/mol. The molecule has 3 heteroatoms. The number of rotatable bonds is 6. The number of hydrogen-bond acceptors (Lipinski definition) is 2. The molecule has 0 radical (unpaired) electrons. The molecule has 0 N–H and O–H groups in total. The summed E-state index contributed by atoms with van der Waals surface area (Å²) in [5, 5.41) is 15.2. The molecule has 0 aliphatic heterocycles. The quantitative estimate of drug-likeness (QED) is 0.151. The molecule has 312 valence electrons. The zero-order valence-electron chi connectivity index (χ0n) is 36.4. The van der Waals surface area contributed by atoms with Crippen LogP contribution in [0.15, 0.2) is 243 Å². The Labute approximate surface area is 391 Å². The number of nitrogens with zero attached hydrogens (tertiary/aromatic N) is 2. The van der Waals surface area contributed by atoms with Crippen molar-refractivity contribution in [2.24, 2.45) is 0 Å². The van der Waals surface area contributed by atoms with Gasteiger partial charge in [-0.25, -0.2) is 0 Å². The summed E-state index contributed by atoms with van der Waals surface area (Å²) in [6, 6.07) is 89.5. The van der Waals surface area contributed by atoms with Crippen molar-refractivity contribution < 1.29 is 0 Å². The van der Waals surface area contributed by atoms with Crippen LogP contribution in [0.1, 0.15) is 0 Å². The summed E-state index contributed by atoms with van der Waals surface area (Å²) in [4.78, 5) is 2.41. The Morgan fingerprint density at radius 1 is 0.299 bits per heavy atom. The van der Waals surface area contributed by atoms with Crippen LogP contribution in [0.4, 0.5) is 17.1 Å². The van der Waals surface area contributed by atoms with E-state index in [0.29, 0.717) is 0 Å². The molecule has 0 fully saturated rings. The first-order valence-electron chi connectivity index (χ1n) is 23.0. The Morgan fingerprint density at radius 3 is 1.57 bits per heavy atom. The van der Waals surface area contributed by atoms with Crippen LogP contribution in [0.3, 0.4) is 0 Å². The Balaban J connectivity index is 0.906. The highest BCUT2D eigenvalue weighted by atomic mass is 32.1. The fourth-order valence-electron chi connectivity index (χ4n) is 10.9. The van der Waals surface area contributed by atoms with Crippen molar-refractivity contribution in [3.63, 3.8) is 0 Å². The minimum absolute atomic E-state index is 1.10. The van der Waals surface area contributed by atoms with E-state index in [1.807, 2.05) is 11.3 Å². The molecular weight excluding hydrogens is 829 g/mol. The summed E-state index contributed by atoms with van der Waals surface area (Å²) in [5.74, 6) is 0. The van der Waals surface area contributed by atoms with E-state index in [9.17, 15) is 0 Å². The van der Waals surface area contributed by atoms with Crippen LogP contribution in [-0.4, -0.2) is 4.57 Å². The van der Waals surface area contributed by atoms with Gasteiger partial charge >= 0.3 is 0 Å². The maximum absolute atomic E-state index is 2.43. The summed E-state index contributed by atoms with van der Waals surface area (Å²) in [5.41, 5.74) is 11.8. The zero-order chi connectivity index (χ0) is 44.0. The second-order valence-corrected chi connectivity index (χ2v) is 18.7. The Hall–Kier alpha value is -8.50. The van der Waals surface area contributed by atoms with Gasteiger partial charge in [-0.05, 0) is 127 Å². The lowest BCUT2D eigenvalue weighted by molar-refractivity contribution is 1.20. The lowest BCUT2D eigenvalue weighted by Crippen LogP contribution is -2.10. The van der Waals surface area contributed by atoms with Crippen molar-refractivity contribution in [1.29, 1.82) is 0 Å². The van der Waals surface area contributed by atoms with Crippen LogP contribution < -0.4 is 4.90 Å².